The van der Waals surface area contributed by atoms with Crippen molar-refractivity contribution in [2.45, 2.75) is 96.1 Å². The molecule has 3 atom stereocenters. The fraction of sp³-hybridized carbons (Fsp3) is 0.596. The minimum Gasteiger partial charge on any atom is -1.00 e. The van der Waals surface area contributed by atoms with Gasteiger partial charge in [0.25, 0.3) is 0 Å². The molecule has 10 nitrogen and oxygen atoms in total. The molecule has 0 bridgehead atoms. The SMILES string of the molecule is COc1ccc(CC2c3cc(OC)c(OC)cc3CC[N+]2(C)CCCCCCCCCCCOC(=O)CC[N+]2(C)CCc3cc(OC)c(OC)cc3C2)cc1OC.[I-].[I-]. The largest absolute Gasteiger partial charge is 1.00 e. The Kier molecular flexibility index (Phi) is 21.2. The second-order valence-electron chi connectivity index (χ2n) is 16.6. The molecule has 0 spiro atoms. The highest BCUT2D eigenvalue weighted by Crippen LogP contribution is 2.43. The van der Waals surface area contributed by atoms with Crippen LogP contribution in [0.2, 0.25) is 0 Å². The Morgan fingerprint density at radius 1 is 0.576 bits per heavy atom. The van der Waals surface area contributed by atoms with Crippen LogP contribution < -0.4 is 76.4 Å². The number of benzene rings is 3. The summed E-state index contributed by atoms with van der Waals surface area (Å²) in [6.45, 7) is 5.42. The van der Waals surface area contributed by atoms with E-state index in [4.69, 9.17) is 33.2 Å². The second kappa shape index (κ2) is 24.7. The van der Waals surface area contributed by atoms with Gasteiger partial charge >= 0.3 is 5.97 Å². The Labute approximate surface area is 388 Å². The molecule has 330 valence electrons. The van der Waals surface area contributed by atoms with E-state index in [-0.39, 0.29) is 53.9 Å². The van der Waals surface area contributed by atoms with Gasteiger partial charge in [-0.1, -0.05) is 44.6 Å². The molecule has 0 saturated carbocycles. The molecular formula is C47H70I2N2O8. The summed E-state index contributed by atoms with van der Waals surface area (Å²) in [5, 5.41) is 0. The Morgan fingerprint density at radius 3 is 1.69 bits per heavy atom. The predicted molar refractivity (Wildman–Crippen MR) is 225 cm³/mol. The number of hydrogen-bond acceptors (Lipinski definition) is 8. The van der Waals surface area contributed by atoms with Crippen LogP contribution in [0, 0.1) is 0 Å². The Balaban J connectivity index is 0.00000465. The molecule has 59 heavy (non-hydrogen) atoms. The smallest absolute Gasteiger partial charge is 0.311 e. The molecule has 0 N–H and O–H groups in total. The van der Waals surface area contributed by atoms with Crippen molar-refractivity contribution >= 4 is 5.97 Å². The highest BCUT2D eigenvalue weighted by Gasteiger charge is 2.40. The lowest BCUT2D eigenvalue weighted by Gasteiger charge is -2.46. The summed E-state index contributed by atoms with van der Waals surface area (Å²) in [6.07, 6.45) is 14.1. The molecule has 2 aliphatic heterocycles. The summed E-state index contributed by atoms with van der Waals surface area (Å²) in [4.78, 5) is 12.6. The van der Waals surface area contributed by atoms with E-state index < -0.39 is 0 Å². The van der Waals surface area contributed by atoms with Crippen LogP contribution >= 0.6 is 0 Å². The summed E-state index contributed by atoms with van der Waals surface area (Å²) in [6, 6.07) is 15.2. The standard InChI is InChI=1S/C47H70N2O8.2HI/c1-48(24-20-36-30-43(53-5)45(55-7)32-38(36)34-48)25-22-47(50)57-27-17-15-13-11-9-10-12-14-16-23-49(2)26-21-37-31-44(54-6)46(56-8)33-39(37)40(49)28-35-18-19-41(51-3)42(29-35)52-4;;/h18-19,29-33,40H,9-17,20-28,34H2,1-8H3;2*1H/q+2;;/p-2. The fourth-order valence-corrected chi connectivity index (χ4v) is 9.01. The number of ether oxygens (including phenoxy) is 7. The molecule has 0 aromatic heterocycles. The summed E-state index contributed by atoms with van der Waals surface area (Å²) in [5.74, 6) is 4.57. The first-order valence-electron chi connectivity index (χ1n) is 21.1. The van der Waals surface area contributed by atoms with E-state index in [0.29, 0.717) is 19.1 Å². The van der Waals surface area contributed by atoms with Crippen LogP contribution in [0.1, 0.15) is 98.1 Å². The van der Waals surface area contributed by atoms with E-state index in [1.807, 2.05) is 6.07 Å². The van der Waals surface area contributed by atoms with Gasteiger partial charge in [0, 0.05) is 30.4 Å². The summed E-state index contributed by atoms with van der Waals surface area (Å²) in [7, 11) is 14.8. The van der Waals surface area contributed by atoms with E-state index >= 15 is 0 Å². The monoisotopic (exact) mass is 1040 g/mol. The van der Waals surface area contributed by atoms with E-state index in [0.717, 1.165) is 108 Å². The fourth-order valence-electron chi connectivity index (χ4n) is 9.01. The summed E-state index contributed by atoms with van der Waals surface area (Å²) >= 11 is 0. The Hall–Kier alpha value is -2.69. The number of nitrogens with zero attached hydrogens (tertiary/aromatic N) is 2. The van der Waals surface area contributed by atoms with Crippen molar-refractivity contribution in [3.63, 3.8) is 0 Å². The lowest BCUT2D eigenvalue weighted by Crippen LogP contribution is -3.00. The molecule has 3 aromatic carbocycles. The van der Waals surface area contributed by atoms with Crippen molar-refractivity contribution in [2.24, 2.45) is 0 Å². The minimum absolute atomic E-state index is 0. The van der Waals surface area contributed by atoms with Gasteiger partial charge in [-0.3, -0.25) is 4.79 Å². The number of hydrogen-bond donors (Lipinski definition) is 0. The van der Waals surface area contributed by atoms with Crippen molar-refractivity contribution < 1.29 is 94.9 Å². The first-order valence-corrected chi connectivity index (χ1v) is 21.1. The number of rotatable bonds is 23. The maximum absolute atomic E-state index is 12.6. The van der Waals surface area contributed by atoms with Crippen molar-refractivity contribution in [2.75, 3.05) is 89.5 Å². The molecule has 3 aromatic rings. The molecule has 0 aliphatic carbocycles. The third-order valence-electron chi connectivity index (χ3n) is 12.6. The predicted octanol–water partition coefficient (Wildman–Crippen LogP) is 2.68. The topological polar surface area (TPSA) is 81.7 Å². The third kappa shape index (κ3) is 13.7. The van der Waals surface area contributed by atoms with Crippen LogP contribution in [-0.2, 0) is 35.3 Å². The number of carbonyl (C=O) groups excluding carboxylic acids is 1. The van der Waals surface area contributed by atoms with Crippen molar-refractivity contribution in [1.82, 2.24) is 0 Å². The molecule has 3 unspecified atom stereocenters. The van der Waals surface area contributed by atoms with E-state index in [1.54, 1.807) is 42.7 Å². The van der Waals surface area contributed by atoms with E-state index in [2.05, 4.69) is 50.5 Å². The number of esters is 1. The average molecular weight is 1040 g/mol. The molecular weight excluding hydrogens is 974 g/mol. The van der Waals surface area contributed by atoms with Crippen LogP contribution in [0.4, 0.5) is 0 Å². The third-order valence-corrected chi connectivity index (χ3v) is 12.6. The second-order valence-corrected chi connectivity index (χ2v) is 16.6. The zero-order valence-corrected chi connectivity index (χ0v) is 41.3. The molecule has 5 rings (SSSR count). The number of unbranched alkanes of at least 4 members (excludes halogenated alkanes) is 8. The first kappa shape index (κ1) is 50.7. The van der Waals surface area contributed by atoms with Crippen molar-refractivity contribution in [3.8, 4) is 34.5 Å². The zero-order chi connectivity index (χ0) is 40.8. The minimum atomic E-state index is -0.0791. The maximum Gasteiger partial charge on any atom is 0.311 e. The molecule has 2 heterocycles. The van der Waals surface area contributed by atoms with E-state index in [9.17, 15) is 4.79 Å². The molecule has 0 saturated heterocycles. The van der Waals surface area contributed by atoms with Crippen molar-refractivity contribution in [1.29, 1.82) is 0 Å². The molecule has 0 radical (unpaired) electrons. The van der Waals surface area contributed by atoms with Gasteiger partial charge in [-0.2, -0.15) is 0 Å². The van der Waals surface area contributed by atoms with Gasteiger partial charge < -0.3 is 90.1 Å². The van der Waals surface area contributed by atoms with Gasteiger partial charge in [-0.25, -0.2) is 0 Å². The zero-order valence-electron chi connectivity index (χ0n) is 37.0. The van der Waals surface area contributed by atoms with Gasteiger partial charge in [0.1, 0.15) is 12.6 Å². The highest BCUT2D eigenvalue weighted by atomic mass is 127. The number of quaternary nitrogens is 2. The number of fused-ring (bicyclic) bond motifs is 2. The van der Waals surface area contributed by atoms with Crippen LogP contribution in [-0.4, -0.2) is 104 Å². The molecule has 12 heteroatoms. The molecule has 2 aliphatic rings. The quantitative estimate of drug-likeness (QED) is 0.0622. The summed E-state index contributed by atoms with van der Waals surface area (Å²) < 4.78 is 41.1. The van der Waals surface area contributed by atoms with Crippen LogP contribution in [0.5, 0.6) is 34.5 Å². The molecule has 0 fully saturated rings. The number of methoxy groups -OCH3 is 6. The van der Waals surface area contributed by atoms with E-state index in [1.165, 1.54) is 72.8 Å². The van der Waals surface area contributed by atoms with Crippen LogP contribution in [0.25, 0.3) is 0 Å². The summed E-state index contributed by atoms with van der Waals surface area (Å²) in [5.41, 5.74) is 6.53. The lowest BCUT2D eigenvalue weighted by atomic mass is 9.86. The first-order chi connectivity index (χ1) is 27.6. The molecule has 0 amide bonds. The van der Waals surface area contributed by atoms with Gasteiger partial charge in [-0.05, 0) is 72.4 Å². The van der Waals surface area contributed by atoms with Gasteiger partial charge in [0.2, 0.25) is 0 Å². The van der Waals surface area contributed by atoms with Crippen molar-refractivity contribution in [3.05, 3.63) is 70.3 Å². The Morgan fingerprint density at radius 2 is 1.08 bits per heavy atom. The Bertz CT molecular complexity index is 1780. The number of halogens is 2. The maximum atomic E-state index is 12.6. The lowest BCUT2D eigenvalue weighted by molar-refractivity contribution is -0.941. The number of likely N-dealkylation sites (N-methyl/N-ethyl adjacent to an activating group) is 2. The highest BCUT2D eigenvalue weighted by molar-refractivity contribution is 5.69. The normalized spacial score (nSPS) is 19.2. The van der Waals surface area contributed by atoms with Gasteiger partial charge in [0.15, 0.2) is 34.5 Å². The average Bonchev–Trinajstić information content (AvgIpc) is 3.23. The van der Waals surface area contributed by atoms with Gasteiger partial charge in [0.05, 0.1) is 96.0 Å². The van der Waals surface area contributed by atoms with Crippen LogP contribution in [0.15, 0.2) is 42.5 Å². The van der Waals surface area contributed by atoms with Crippen LogP contribution in [0.3, 0.4) is 0 Å². The number of carbonyl (C=O) groups is 1. The van der Waals surface area contributed by atoms with Gasteiger partial charge in [-0.15, -0.1) is 0 Å².